The second-order valence-electron chi connectivity index (χ2n) is 4.17. The standard InChI is InChI=1S/C12H21ClN2S/c1-4-7-14-8-10(2)15(3)9-11-5-6-12(13)16-11/h5-6,10,14H,4,7-9H2,1-3H3. The minimum absolute atomic E-state index is 0.549. The summed E-state index contributed by atoms with van der Waals surface area (Å²) in [6, 6.07) is 4.62. The van der Waals surface area contributed by atoms with E-state index in [0.29, 0.717) is 6.04 Å². The van der Waals surface area contributed by atoms with Gasteiger partial charge in [-0.15, -0.1) is 11.3 Å². The van der Waals surface area contributed by atoms with Gasteiger partial charge in [-0.3, -0.25) is 4.90 Å². The van der Waals surface area contributed by atoms with Gasteiger partial charge in [0.25, 0.3) is 0 Å². The van der Waals surface area contributed by atoms with Gasteiger partial charge in [0.05, 0.1) is 4.34 Å². The highest BCUT2D eigenvalue weighted by atomic mass is 35.5. The molecule has 0 fully saturated rings. The molecule has 2 nitrogen and oxygen atoms in total. The predicted molar refractivity (Wildman–Crippen MR) is 73.4 cm³/mol. The van der Waals surface area contributed by atoms with Crippen LogP contribution in [0.25, 0.3) is 0 Å². The van der Waals surface area contributed by atoms with Crippen LogP contribution in [0.3, 0.4) is 0 Å². The van der Waals surface area contributed by atoms with Crippen molar-refractivity contribution in [3.63, 3.8) is 0 Å². The van der Waals surface area contributed by atoms with E-state index in [4.69, 9.17) is 11.6 Å². The van der Waals surface area contributed by atoms with Gasteiger partial charge in [0.1, 0.15) is 0 Å². The van der Waals surface area contributed by atoms with Crippen LogP contribution in [-0.4, -0.2) is 31.1 Å². The van der Waals surface area contributed by atoms with Gasteiger partial charge in [0.15, 0.2) is 0 Å². The third-order valence-electron chi connectivity index (χ3n) is 2.65. The zero-order chi connectivity index (χ0) is 12.0. The Morgan fingerprint density at radius 1 is 1.50 bits per heavy atom. The molecule has 0 saturated heterocycles. The first-order valence-electron chi connectivity index (χ1n) is 5.78. The molecular formula is C12H21ClN2S. The Morgan fingerprint density at radius 2 is 2.25 bits per heavy atom. The van der Waals surface area contributed by atoms with E-state index in [1.807, 2.05) is 6.07 Å². The molecule has 1 atom stereocenters. The Bertz CT molecular complexity index is 301. The van der Waals surface area contributed by atoms with Gasteiger partial charge in [-0.25, -0.2) is 0 Å². The Hall–Kier alpha value is -0.0900. The molecule has 0 radical (unpaired) electrons. The second-order valence-corrected chi connectivity index (χ2v) is 5.97. The van der Waals surface area contributed by atoms with Crippen molar-refractivity contribution >= 4 is 22.9 Å². The summed E-state index contributed by atoms with van der Waals surface area (Å²) in [4.78, 5) is 3.68. The topological polar surface area (TPSA) is 15.3 Å². The van der Waals surface area contributed by atoms with E-state index < -0.39 is 0 Å². The monoisotopic (exact) mass is 260 g/mol. The molecule has 4 heteroatoms. The Balaban J connectivity index is 2.30. The molecule has 92 valence electrons. The number of thiophene rings is 1. The van der Waals surface area contributed by atoms with Gasteiger partial charge in [-0.1, -0.05) is 18.5 Å². The summed E-state index contributed by atoms with van der Waals surface area (Å²) in [5.41, 5.74) is 0. The molecule has 1 aromatic heterocycles. The number of halogens is 1. The van der Waals surface area contributed by atoms with E-state index in [1.54, 1.807) is 11.3 Å². The van der Waals surface area contributed by atoms with E-state index >= 15 is 0 Å². The normalized spacial score (nSPS) is 13.3. The number of hydrogen-bond acceptors (Lipinski definition) is 3. The van der Waals surface area contributed by atoms with Crippen LogP contribution >= 0.6 is 22.9 Å². The van der Waals surface area contributed by atoms with E-state index in [1.165, 1.54) is 11.3 Å². The molecule has 1 heterocycles. The van der Waals surface area contributed by atoms with Crippen LogP contribution in [0, 0.1) is 0 Å². The van der Waals surface area contributed by atoms with Crippen LogP contribution in [0.4, 0.5) is 0 Å². The van der Waals surface area contributed by atoms with Crippen LogP contribution in [0.1, 0.15) is 25.1 Å². The summed E-state index contributed by atoms with van der Waals surface area (Å²) in [6.45, 7) is 7.56. The minimum Gasteiger partial charge on any atom is -0.315 e. The Labute approximate surface area is 108 Å². The summed E-state index contributed by atoms with van der Waals surface area (Å²) in [7, 11) is 2.16. The van der Waals surface area contributed by atoms with Gasteiger partial charge in [-0.2, -0.15) is 0 Å². The highest BCUT2D eigenvalue weighted by Gasteiger charge is 2.10. The molecule has 0 aliphatic heterocycles. The zero-order valence-electron chi connectivity index (χ0n) is 10.3. The van der Waals surface area contributed by atoms with Crippen LogP contribution in [0.5, 0.6) is 0 Å². The van der Waals surface area contributed by atoms with Gasteiger partial charge < -0.3 is 5.32 Å². The molecule has 0 aromatic carbocycles. The summed E-state index contributed by atoms with van der Waals surface area (Å²) in [6.07, 6.45) is 1.19. The fourth-order valence-corrected chi connectivity index (χ4v) is 2.63. The summed E-state index contributed by atoms with van der Waals surface area (Å²) in [5, 5.41) is 3.44. The van der Waals surface area contributed by atoms with Crippen LogP contribution in [0.15, 0.2) is 12.1 Å². The fourth-order valence-electron chi connectivity index (χ4n) is 1.48. The molecule has 0 amide bonds. The smallest absolute Gasteiger partial charge is 0.0931 e. The van der Waals surface area contributed by atoms with Gasteiger partial charge in [-0.05, 0) is 39.1 Å². The van der Waals surface area contributed by atoms with Crippen molar-refractivity contribution in [1.29, 1.82) is 0 Å². The summed E-state index contributed by atoms with van der Waals surface area (Å²) in [5.74, 6) is 0. The lowest BCUT2D eigenvalue weighted by atomic mass is 10.3. The first kappa shape index (κ1) is 14.0. The van der Waals surface area contributed by atoms with Crippen molar-refractivity contribution in [3.05, 3.63) is 21.3 Å². The van der Waals surface area contributed by atoms with Crippen molar-refractivity contribution in [1.82, 2.24) is 10.2 Å². The van der Waals surface area contributed by atoms with Crippen LogP contribution < -0.4 is 5.32 Å². The van der Waals surface area contributed by atoms with E-state index in [-0.39, 0.29) is 0 Å². The molecule has 1 rings (SSSR count). The van der Waals surface area contributed by atoms with Crippen LogP contribution in [0.2, 0.25) is 4.34 Å². The van der Waals surface area contributed by atoms with Crippen molar-refractivity contribution in [2.24, 2.45) is 0 Å². The molecule has 0 saturated carbocycles. The molecule has 1 unspecified atom stereocenters. The maximum atomic E-state index is 5.91. The first-order valence-corrected chi connectivity index (χ1v) is 6.98. The van der Waals surface area contributed by atoms with E-state index in [2.05, 4.69) is 37.2 Å². The molecular weight excluding hydrogens is 240 g/mol. The number of rotatable bonds is 7. The highest BCUT2D eigenvalue weighted by Crippen LogP contribution is 2.22. The van der Waals surface area contributed by atoms with Gasteiger partial charge >= 0.3 is 0 Å². The highest BCUT2D eigenvalue weighted by molar-refractivity contribution is 7.16. The predicted octanol–water partition coefficient (Wildman–Crippen LogP) is 3.22. The summed E-state index contributed by atoms with van der Waals surface area (Å²) >= 11 is 7.58. The van der Waals surface area contributed by atoms with Crippen molar-refractivity contribution < 1.29 is 0 Å². The first-order chi connectivity index (χ1) is 7.63. The third kappa shape index (κ3) is 4.83. The molecule has 16 heavy (non-hydrogen) atoms. The molecule has 0 aliphatic carbocycles. The Morgan fingerprint density at radius 3 is 2.81 bits per heavy atom. The SMILES string of the molecule is CCCNCC(C)N(C)Cc1ccc(Cl)s1. The van der Waals surface area contributed by atoms with Crippen molar-refractivity contribution in [2.45, 2.75) is 32.9 Å². The van der Waals surface area contributed by atoms with Crippen molar-refractivity contribution in [3.8, 4) is 0 Å². The zero-order valence-corrected chi connectivity index (χ0v) is 11.9. The van der Waals surface area contributed by atoms with E-state index in [0.717, 1.165) is 24.0 Å². The molecule has 0 aliphatic rings. The largest absolute Gasteiger partial charge is 0.315 e. The Kier molecular flexibility index (Phi) is 6.36. The molecule has 0 spiro atoms. The number of nitrogens with zero attached hydrogens (tertiary/aromatic N) is 1. The van der Waals surface area contributed by atoms with E-state index in [9.17, 15) is 0 Å². The number of likely N-dealkylation sites (N-methyl/N-ethyl adjacent to an activating group) is 1. The van der Waals surface area contributed by atoms with Gasteiger partial charge in [0, 0.05) is 24.0 Å². The lowest BCUT2D eigenvalue weighted by molar-refractivity contribution is 0.245. The average Bonchev–Trinajstić information content (AvgIpc) is 2.64. The lowest BCUT2D eigenvalue weighted by Gasteiger charge is -2.24. The minimum atomic E-state index is 0.549. The van der Waals surface area contributed by atoms with Gasteiger partial charge in [0.2, 0.25) is 0 Å². The number of hydrogen-bond donors (Lipinski definition) is 1. The fraction of sp³-hybridized carbons (Fsp3) is 0.667. The third-order valence-corrected chi connectivity index (χ3v) is 3.87. The molecule has 1 aromatic rings. The average molecular weight is 261 g/mol. The van der Waals surface area contributed by atoms with Crippen LogP contribution in [-0.2, 0) is 6.54 Å². The quantitative estimate of drug-likeness (QED) is 0.758. The lowest BCUT2D eigenvalue weighted by Crippen LogP contribution is -2.37. The maximum Gasteiger partial charge on any atom is 0.0931 e. The number of nitrogens with one attached hydrogen (secondary N) is 1. The molecule has 1 N–H and O–H groups in total. The van der Waals surface area contributed by atoms with Crippen molar-refractivity contribution in [2.75, 3.05) is 20.1 Å². The second kappa shape index (κ2) is 7.28. The summed E-state index contributed by atoms with van der Waals surface area (Å²) < 4.78 is 0.875. The molecule has 0 bridgehead atoms. The maximum absolute atomic E-state index is 5.91.